The van der Waals surface area contributed by atoms with Gasteiger partial charge in [-0.1, -0.05) is 176 Å². The van der Waals surface area contributed by atoms with Gasteiger partial charge in [-0.05, 0) is 49.2 Å². The summed E-state index contributed by atoms with van der Waals surface area (Å²) in [7, 11) is 0. The molecule has 0 aliphatic heterocycles. The zero-order valence-electron chi connectivity index (χ0n) is 26.1. The van der Waals surface area contributed by atoms with Gasteiger partial charge in [0, 0.05) is 22.1 Å². The molecule has 0 amide bonds. The summed E-state index contributed by atoms with van der Waals surface area (Å²) < 4.78 is 0. The second-order valence-electron chi connectivity index (χ2n) is 12.0. The molecular weight excluding hydrogens is 583 g/mol. The molecule has 0 unspecified atom stereocenters. The van der Waals surface area contributed by atoms with E-state index in [-0.39, 0.29) is 0 Å². The third-order valence-electron chi connectivity index (χ3n) is 9.12. The summed E-state index contributed by atoms with van der Waals surface area (Å²) in [5, 5.41) is 6.91. The third-order valence-corrected chi connectivity index (χ3v) is 9.12. The van der Waals surface area contributed by atoms with Crippen LogP contribution in [0.5, 0.6) is 0 Å². The SMILES string of the molecule is c1ccc(-c2nc(-c3ccccc3-c3ccccc3)nc(-c3c4ccccc4c(-c4ccccc4)c4ccc5ccccc5c34)n2)cc1. The largest absolute Gasteiger partial charge is 0.208 e. The number of rotatable bonds is 5. The minimum Gasteiger partial charge on any atom is -0.208 e. The lowest BCUT2D eigenvalue weighted by atomic mass is 9.86. The van der Waals surface area contributed by atoms with Crippen molar-refractivity contribution in [3.63, 3.8) is 0 Å². The van der Waals surface area contributed by atoms with Crippen LogP contribution in [0.25, 0.3) is 88.7 Å². The number of aromatic nitrogens is 3. The molecule has 48 heavy (non-hydrogen) atoms. The normalized spacial score (nSPS) is 11.3. The van der Waals surface area contributed by atoms with E-state index in [4.69, 9.17) is 15.0 Å². The predicted molar refractivity (Wildman–Crippen MR) is 200 cm³/mol. The summed E-state index contributed by atoms with van der Waals surface area (Å²) in [5.41, 5.74) is 7.50. The Hall–Kier alpha value is -6.45. The number of hydrogen-bond donors (Lipinski definition) is 0. The fraction of sp³-hybridized carbons (Fsp3) is 0. The van der Waals surface area contributed by atoms with Gasteiger partial charge in [0.05, 0.1) is 0 Å². The maximum Gasteiger partial charge on any atom is 0.165 e. The maximum atomic E-state index is 5.37. The first-order valence-corrected chi connectivity index (χ1v) is 16.2. The van der Waals surface area contributed by atoms with Crippen LogP contribution in [0, 0.1) is 0 Å². The van der Waals surface area contributed by atoms with E-state index in [0.717, 1.165) is 44.0 Å². The lowest BCUT2D eigenvalue weighted by Crippen LogP contribution is -2.02. The molecule has 0 saturated carbocycles. The van der Waals surface area contributed by atoms with Crippen molar-refractivity contribution in [2.45, 2.75) is 0 Å². The highest BCUT2D eigenvalue weighted by Gasteiger charge is 2.22. The molecule has 1 aromatic heterocycles. The molecule has 0 spiro atoms. The van der Waals surface area contributed by atoms with E-state index in [1.807, 2.05) is 24.3 Å². The minimum atomic E-state index is 0.642. The van der Waals surface area contributed by atoms with Crippen molar-refractivity contribution in [3.05, 3.63) is 176 Å². The molecule has 8 aromatic carbocycles. The molecule has 0 aliphatic carbocycles. The van der Waals surface area contributed by atoms with Crippen LogP contribution in [-0.2, 0) is 0 Å². The Morgan fingerprint density at radius 3 is 1.48 bits per heavy atom. The zero-order valence-corrected chi connectivity index (χ0v) is 26.1. The molecule has 0 N–H and O–H groups in total. The second-order valence-corrected chi connectivity index (χ2v) is 12.0. The van der Waals surface area contributed by atoms with Crippen LogP contribution in [0.15, 0.2) is 176 Å². The molecule has 9 aromatic rings. The van der Waals surface area contributed by atoms with Gasteiger partial charge >= 0.3 is 0 Å². The molecule has 224 valence electrons. The zero-order chi connectivity index (χ0) is 31.9. The van der Waals surface area contributed by atoms with Crippen molar-refractivity contribution in [2.24, 2.45) is 0 Å². The number of hydrogen-bond acceptors (Lipinski definition) is 3. The van der Waals surface area contributed by atoms with Crippen LogP contribution in [0.4, 0.5) is 0 Å². The summed E-state index contributed by atoms with van der Waals surface area (Å²) in [5.74, 6) is 1.94. The van der Waals surface area contributed by atoms with Crippen LogP contribution < -0.4 is 0 Å². The van der Waals surface area contributed by atoms with Crippen molar-refractivity contribution >= 4 is 32.3 Å². The molecule has 3 heteroatoms. The van der Waals surface area contributed by atoms with Gasteiger partial charge in [0.2, 0.25) is 0 Å². The number of nitrogens with zero attached hydrogens (tertiary/aromatic N) is 3. The van der Waals surface area contributed by atoms with Crippen molar-refractivity contribution in [2.75, 3.05) is 0 Å². The summed E-state index contributed by atoms with van der Waals surface area (Å²) in [4.78, 5) is 15.8. The molecule has 3 nitrogen and oxygen atoms in total. The Morgan fingerprint density at radius 2 is 0.771 bits per heavy atom. The fourth-order valence-corrected chi connectivity index (χ4v) is 6.97. The van der Waals surface area contributed by atoms with Gasteiger partial charge in [-0.25, -0.2) is 15.0 Å². The topological polar surface area (TPSA) is 38.7 Å². The number of fused-ring (bicyclic) bond motifs is 4. The molecule has 0 fully saturated rings. The summed E-state index contributed by atoms with van der Waals surface area (Å²) in [6, 6.07) is 61.5. The van der Waals surface area contributed by atoms with E-state index in [1.54, 1.807) is 0 Å². The highest BCUT2D eigenvalue weighted by Crippen LogP contribution is 2.46. The second kappa shape index (κ2) is 11.7. The highest BCUT2D eigenvalue weighted by molar-refractivity contribution is 6.27. The summed E-state index contributed by atoms with van der Waals surface area (Å²) in [6.07, 6.45) is 0. The van der Waals surface area contributed by atoms with E-state index in [2.05, 4.69) is 152 Å². The lowest BCUT2D eigenvalue weighted by molar-refractivity contribution is 1.08. The molecule has 0 bridgehead atoms. The Balaban J connectivity index is 1.44. The fourth-order valence-electron chi connectivity index (χ4n) is 6.97. The van der Waals surface area contributed by atoms with E-state index < -0.39 is 0 Å². The van der Waals surface area contributed by atoms with Gasteiger partial charge in [0.15, 0.2) is 17.5 Å². The van der Waals surface area contributed by atoms with E-state index in [1.165, 1.54) is 27.3 Å². The van der Waals surface area contributed by atoms with E-state index in [0.29, 0.717) is 17.5 Å². The highest BCUT2D eigenvalue weighted by atomic mass is 15.0. The van der Waals surface area contributed by atoms with E-state index in [9.17, 15) is 0 Å². The van der Waals surface area contributed by atoms with Gasteiger partial charge < -0.3 is 0 Å². The molecule has 0 atom stereocenters. The number of benzene rings is 8. The summed E-state index contributed by atoms with van der Waals surface area (Å²) >= 11 is 0. The molecule has 0 radical (unpaired) electrons. The van der Waals surface area contributed by atoms with Crippen molar-refractivity contribution in [3.8, 4) is 56.4 Å². The van der Waals surface area contributed by atoms with Crippen LogP contribution in [0.2, 0.25) is 0 Å². The van der Waals surface area contributed by atoms with Gasteiger partial charge in [0.25, 0.3) is 0 Å². The Labute approximate surface area is 278 Å². The third kappa shape index (κ3) is 4.72. The van der Waals surface area contributed by atoms with Crippen LogP contribution >= 0.6 is 0 Å². The first-order chi connectivity index (χ1) is 23.8. The molecule has 1 heterocycles. The van der Waals surface area contributed by atoms with E-state index >= 15 is 0 Å². The molecule has 9 rings (SSSR count). The maximum absolute atomic E-state index is 5.37. The molecule has 0 aliphatic rings. The van der Waals surface area contributed by atoms with Gasteiger partial charge in [0.1, 0.15) is 0 Å². The van der Waals surface area contributed by atoms with Crippen molar-refractivity contribution in [1.82, 2.24) is 15.0 Å². The average Bonchev–Trinajstić information content (AvgIpc) is 3.17. The Morgan fingerprint density at radius 1 is 0.271 bits per heavy atom. The average molecular weight is 612 g/mol. The predicted octanol–water partition coefficient (Wildman–Crippen LogP) is 11.7. The van der Waals surface area contributed by atoms with Crippen molar-refractivity contribution in [1.29, 1.82) is 0 Å². The van der Waals surface area contributed by atoms with Crippen LogP contribution in [0.1, 0.15) is 0 Å². The smallest absolute Gasteiger partial charge is 0.165 e. The standard InChI is InChI=1S/C45H29N3/c1-4-16-30(17-5-1)34-23-12-15-27-38(34)44-46-43(33-21-8-3-9-22-33)47-45(48-44)42-37-26-14-13-25-36(37)40(32-19-6-2-7-20-32)39-29-28-31-18-10-11-24-35(31)41(39)42/h1-29H. The van der Waals surface area contributed by atoms with Crippen LogP contribution in [0.3, 0.4) is 0 Å². The quantitative estimate of drug-likeness (QED) is 0.144. The van der Waals surface area contributed by atoms with Gasteiger partial charge in [-0.3, -0.25) is 0 Å². The van der Waals surface area contributed by atoms with Crippen molar-refractivity contribution < 1.29 is 0 Å². The molecular formula is C45H29N3. The Kier molecular flexibility index (Phi) is 6.80. The lowest BCUT2D eigenvalue weighted by Gasteiger charge is -2.19. The first-order valence-electron chi connectivity index (χ1n) is 16.2. The van der Waals surface area contributed by atoms with Crippen LogP contribution in [-0.4, -0.2) is 15.0 Å². The summed E-state index contributed by atoms with van der Waals surface area (Å²) in [6.45, 7) is 0. The first kappa shape index (κ1) is 27.8. The minimum absolute atomic E-state index is 0.642. The van der Waals surface area contributed by atoms with Gasteiger partial charge in [-0.2, -0.15) is 0 Å². The van der Waals surface area contributed by atoms with Gasteiger partial charge in [-0.15, -0.1) is 0 Å². The Bertz CT molecular complexity index is 2600. The monoisotopic (exact) mass is 611 g/mol. The molecule has 0 saturated heterocycles.